The maximum atomic E-state index is 12.7. The van der Waals surface area contributed by atoms with E-state index in [4.69, 9.17) is 0 Å². The molecule has 6 heteroatoms. The molecule has 3 saturated carbocycles. The lowest BCUT2D eigenvalue weighted by atomic mass is 9.70. The minimum absolute atomic E-state index is 0.145. The van der Waals surface area contributed by atoms with Crippen molar-refractivity contribution in [3.05, 3.63) is 0 Å². The van der Waals surface area contributed by atoms with Crippen LogP contribution in [0.5, 0.6) is 0 Å². The van der Waals surface area contributed by atoms with Gasteiger partial charge in [0.1, 0.15) is 0 Å². The number of Topliss-reactive ketones (excluding diaryl/α,β-unsaturated/α-hetero) is 6. The van der Waals surface area contributed by atoms with Crippen molar-refractivity contribution in [2.45, 2.75) is 218 Å². The average Bonchev–Trinajstić information content (AvgIpc) is 3.10. The molecule has 51 heavy (non-hydrogen) atoms. The standard InChI is InChI=1S/C22H40O2.C12H20O2.C11H18O2/c1-21(2)17-15-13-11-9-7-5-6-8-10-12-14-16-18-22(3,4)20(24)19(21)23;1-11(2)7-5-6-8-12(3,4)10(14)9(11)13;1-10(2)6-5-7-11(3,4)9(13)8(10)12/h5-18H2,1-4H3;5-8H2,1-4H3;5-7H2,1-4H3. The SMILES string of the molecule is CC1(C)CCCC(C)(C)C(=O)C1=O.CC1(C)CCCCC(C)(C)C(=O)C1=O.CC1(C)CCCCCCCCCCCCCCC(C)(C)C(=O)C1=O. The van der Waals surface area contributed by atoms with Crippen molar-refractivity contribution in [3.63, 3.8) is 0 Å². The molecule has 0 N–H and O–H groups in total. The van der Waals surface area contributed by atoms with Crippen molar-refractivity contribution in [3.8, 4) is 0 Å². The fourth-order valence-corrected chi connectivity index (χ4v) is 7.53. The highest BCUT2D eigenvalue weighted by Crippen LogP contribution is 2.38. The highest BCUT2D eigenvalue weighted by atomic mass is 16.2. The third-order valence-electron chi connectivity index (χ3n) is 12.1. The molecule has 3 fully saturated rings. The van der Waals surface area contributed by atoms with E-state index < -0.39 is 32.5 Å². The van der Waals surface area contributed by atoms with Crippen molar-refractivity contribution in [1.29, 1.82) is 0 Å². The van der Waals surface area contributed by atoms with Crippen LogP contribution in [0.4, 0.5) is 0 Å². The van der Waals surface area contributed by atoms with Gasteiger partial charge in [0.25, 0.3) is 0 Å². The molecular formula is C45H78O6. The Morgan fingerprint density at radius 3 is 0.510 bits per heavy atom. The number of hydrogen-bond acceptors (Lipinski definition) is 6. The molecule has 0 aromatic heterocycles. The lowest BCUT2D eigenvalue weighted by molar-refractivity contribution is -0.147. The molecule has 0 aliphatic heterocycles. The molecule has 3 aliphatic rings. The molecule has 0 saturated heterocycles. The summed E-state index contributed by atoms with van der Waals surface area (Å²) in [5.74, 6) is -1.02. The molecule has 3 rings (SSSR count). The van der Waals surface area contributed by atoms with E-state index in [9.17, 15) is 28.8 Å². The molecule has 0 aromatic carbocycles. The van der Waals surface area contributed by atoms with Crippen molar-refractivity contribution >= 4 is 34.7 Å². The number of carbonyl (C=O) groups excluding carboxylic acids is 6. The monoisotopic (exact) mass is 715 g/mol. The zero-order valence-corrected chi connectivity index (χ0v) is 35.3. The highest BCUT2D eigenvalue weighted by molar-refractivity contribution is 6.41. The van der Waals surface area contributed by atoms with E-state index in [1.807, 2.05) is 83.1 Å². The van der Waals surface area contributed by atoms with Crippen LogP contribution in [-0.2, 0) is 28.8 Å². The van der Waals surface area contributed by atoms with E-state index in [1.165, 1.54) is 64.2 Å². The Balaban J connectivity index is 0.000000410. The summed E-state index contributed by atoms with van der Waals surface area (Å²) in [6.45, 7) is 22.9. The lowest BCUT2D eigenvalue weighted by Gasteiger charge is -2.31. The molecule has 3 aliphatic carbocycles. The van der Waals surface area contributed by atoms with Crippen LogP contribution in [0.3, 0.4) is 0 Å². The summed E-state index contributed by atoms with van der Waals surface area (Å²) < 4.78 is 0. The lowest BCUT2D eigenvalue weighted by Crippen LogP contribution is -2.41. The number of carbonyl (C=O) groups is 6. The molecule has 294 valence electrons. The quantitative estimate of drug-likeness (QED) is 0.183. The third-order valence-corrected chi connectivity index (χ3v) is 12.1. The Bertz CT molecular complexity index is 1100. The number of rotatable bonds is 0. The normalized spacial score (nSPS) is 26.4. The summed E-state index contributed by atoms with van der Waals surface area (Å²) in [6, 6.07) is 0. The maximum Gasteiger partial charge on any atom is 0.204 e. The summed E-state index contributed by atoms with van der Waals surface area (Å²) in [5.41, 5.74) is -2.78. The first-order chi connectivity index (χ1) is 23.3. The third kappa shape index (κ3) is 15.1. The van der Waals surface area contributed by atoms with Crippen LogP contribution in [-0.4, -0.2) is 34.7 Å². The Morgan fingerprint density at radius 1 is 0.216 bits per heavy atom. The smallest absolute Gasteiger partial charge is 0.204 e. The zero-order chi connectivity index (χ0) is 39.3. The van der Waals surface area contributed by atoms with Crippen molar-refractivity contribution < 1.29 is 28.8 Å². The summed E-state index contributed by atoms with van der Waals surface area (Å²) >= 11 is 0. The fourth-order valence-electron chi connectivity index (χ4n) is 7.53. The molecule has 0 unspecified atom stereocenters. The van der Waals surface area contributed by atoms with Gasteiger partial charge in [-0.25, -0.2) is 0 Å². The Labute approximate surface area is 313 Å². The van der Waals surface area contributed by atoms with Crippen LogP contribution in [0.1, 0.15) is 218 Å². The van der Waals surface area contributed by atoms with E-state index in [0.717, 1.165) is 70.6 Å². The van der Waals surface area contributed by atoms with Crippen molar-refractivity contribution in [2.75, 3.05) is 0 Å². The average molecular weight is 715 g/mol. The summed E-state index contributed by atoms with van der Waals surface area (Å²) in [4.78, 5) is 72.7. The summed E-state index contributed by atoms with van der Waals surface area (Å²) in [6.07, 6.45) is 23.3. The summed E-state index contributed by atoms with van der Waals surface area (Å²) in [5, 5.41) is 0. The van der Waals surface area contributed by atoms with E-state index in [0.29, 0.717) is 0 Å². The van der Waals surface area contributed by atoms with Gasteiger partial charge in [-0.1, -0.05) is 179 Å². The van der Waals surface area contributed by atoms with Crippen LogP contribution >= 0.6 is 0 Å². The first-order valence-corrected chi connectivity index (χ1v) is 20.6. The van der Waals surface area contributed by atoms with Crippen LogP contribution in [0.25, 0.3) is 0 Å². The second-order valence-electron chi connectivity index (χ2n) is 20.1. The van der Waals surface area contributed by atoms with Gasteiger partial charge >= 0.3 is 0 Å². The molecule has 0 spiro atoms. The van der Waals surface area contributed by atoms with Gasteiger partial charge < -0.3 is 0 Å². The summed E-state index contributed by atoms with van der Waals surface area (Å²) in [7, 11) is 0. The maximum absolute atomic E-state index is 12.7. The van der Waals surface area contributed by atoms with E-state index in [-0.39, 0.29) is 34.7 Å². The first-order valence-electron chi connectivity index (χ1n) is 20.6. The van der Waals surface area contributed by atoms with E-state index in [2.05, 4.69) is 0 Å². The second-order valence-corrected chi connectivity index (χ2v) is 20.1. The molecule has 0 amide bonds. The molecule has 0 aromatic rings. The van der Waals surface area contributed by atoms with Crippen LogP contribution in [0.15, 0.2) is 0 Å². The molecular weight excluding hydrogens is 636 g/mol. The molecule has 0 atom stereocenters. The molecule has 0 heterocycles. The number of hydrogen-bond donors (Lipinski definition) is 0. The van der Waals surface area contributed by atoms with Crippen LogP contribution in [0.2, 0.25) is 0 Å². The predicted octanol–water partition coefficient (Wildman–Crippen LogP) is 11.8. The first kappa shape index (κ1) is 47.0. The van der Waals surface area contributed by atoms with Crippen molar-refractivity contribution in [1.82, 2.24) is 0 Å². The van der Waals surface area contributed by atoms with Crippen LogP contribution in [0, 0.1) is 32.5 Å². The van der Waals surface area contributed by atoms with Gasteiger partial charge in [0.2, 0.25) is 34.7 Å². The van der Waals surface area contributed by atoms with Gasteiger partial charge in [0.15, 0.2) is 0 Å². The zero-order valence-electron chi connectivity index (χ0n) is 35.3. The second kappa shape index (κ2) is 19.9. The van der Waals surface area contributed by atoms with Gasteiger partial charge in [-0.2, -0.15) is 0 Å². The highest BCUT2D eigenvalue weighted by Gasteiger charge is 2.44. The Kier molecular flexibility index (Phi) is 18.4. The molecule has 0 radical (unpaired) electrons. The Hall–Kier alpha value is -1.98. The minimum atomic E-state index is -0.500. The molecule has 6 nitrogen and oxygen atoms in total. The van der Waals surface area contributed by atoms with Gasteiger partial charge in [-0.3, -0.25) is 28.8 Å². The van der Waals surface area contributed by atoms with E-state index >= 15 is 0 Å². The van der Waals surface area contributed by atoms with Crippen molar-refractivity contribution in [2.24, 2.45) is 32.5 Å². The topological polar surface area (TPSA) is 102 Å². The van der Waals surface area contributed by atoms with Gasteiger partial charge in [-0.05, 0) is 38.5 Å². The predicted molar refractivity (Wildman–Crippen MR) is 210 cm³/mol. The van der Waals surface area contributed by atoms with Gasteiger partial charge in [0.05, 0.1) is 0 Å². The largest absolute Gasteiger partial charge is 0.290 e. The van der Waals surface area contributed by atoms with Gasteiger partial charge in [-0.15, -0.1) is 0 Å². The number of ketones is 6. The van der Waals surface area contributed by atoms with Gasteiger partial charge in [0, 0.05) is 32.5 Å². The van der Waals surface area contributed by atoms with E-state index in [1.54, 1.807) is 0 Å². The molecule has 0 bridgehead atoms. The Morgan fingerprint density at radius 2 is 0.333 bits per heavy atom. The minimum Gasteiger partial charge on any atom is -0.290 e. The van der Waals surface area contributed by atoms with Crippen LogP contribution < -0.4 is 0 Å². The fraction of sp³-hybridized carbons (Fsp3) is 0.867.